The molecule has 1 aromatic heterocycles. The molecule has 1 unspecified atom stereocenters. The van der Waals surface area contributed by atoms with Gasteiger partial charge in [0.1, 0.15) is 0 Å². The molecule has 1 heterocycles. The molecule has 0 saturated carbocycles. The number of nitrogen functional groups attached to an aromatic ring is 1. The first-order valence-corrected chi connectivity index (χ1v) is 10.1. The van der Waals surface area contributed by atoms with Crippen molar-refractivity contribution in [3.63, 3.8) is 0 Å². The summed E-state index contributed by atoms with van der Waals surface area (Å²) in [6, 6.07) is 6.58. The van der Waals surface area contributed by atoms with E-state index in [0.717, 1.165) is 25.7 Å². The zero-order valence-corrected chi connectivity index (χ0v) is 17.7. The van der Waals surface area contributed by atoms with E-state index in [-0.39, 0.29) is 16.4 Å². The fraction of sp³-hybridized carbons (Fsp3) is 0.400. The van der Waals surface area contributed by atoms with E-state index < -0.39 is 5.97 Å². The van der Waals surface area contributed by atoms with Crippen LogP contribution in [0.15, 0.2) is 24.3 Å². The number of carbonyl (C=O) groups is 1. The van der Waals surface area contributed by atoms with Crippen molar-refractivity contribution in [1.82, 2.24) is 4.98 Å². The van der Waals surface area contributed by atoms with Crippen molar-refractivity contribution in [2.45, 2.75) is 39.5 Å². The molecule has 7 heteroatoms. The lowest BCUT2D eigenvalue weighted by molar-refractivity contribution is 0.0422. The van der Waals surface area contributed by atoms with Crippen molar-refractivity contribution < 1.29 is 9.53 Å². The first-order chi connectivity index (χ1) is 12.9. The number of hydrogen-bond acceptors (Lipinski definition) is 4. The van der Waals surface area contributed by atoms with Crippen LogP contribution < -0.4 is 5.73 Å². The molecule has 0 saturated heterocycles. The number of unbranched alkanes of at least 4 members (excludes halogenated alkanes) is 1. The maximum Gasteiger partial charge on any atom is 0.358 e. The highest BCUT2D eigenvalue weighted by molar-refractivity contribution is 6.37. The van der Waals surface area contributed by atoms with Crippen molar-refractivity contribution in [2.24, 2.45) is 5.92 Å². The molecule has 4 nitrogen and oxygen atoms in total. The van der Waals surface area contributed by atoms with Gasteiger partial charge in [0.05, 0.1) is 28.0 Å². The molecule has 1 aromatic carbocycles. The number of nitrogens with two attached hydrogens (primary N) is 1. The zero-order valence-electron chi connectivity index (χ0n) is 15.4. The molecule has 0 fully saturated rings. The van der Waals surface area contributed by atoms with Gasteiger partial charge in [-0.1, -0.05) is 67.9 Å². The third-order valence-electron chi connectivity index (χ3n) is 4.38. The summed E-state index contributed by atoms with van der Waals surface area (Å²) >= 11 is 18.4. The lowest BCUT2D eigenvalue weighted by Gasteiger charge is -2.15. The highest BCUT2D eigenvalue weighted by Crippen LogP contribution is 2.33. The Kier molecular flexibility index (Phi) is 8.21. The Hall–Kier alpha value is -1.49. The monoisotopic (exact) mass is 428 g/mol. The van der Waals surface area contributed by atoms with Crippen molar-refractivity contribution >= 4 is 46.5 Å². The molecule has 146 valence electrons. The van der Waals surface area contributed by atoms with E-state index in [1.54, 1.807) is 24.3 Å². The van der Waals surface area contributed by atoms with Gasteiger partial charge < -0.3 is 10.5 Å². The second-order valence-electron chi connectivity index (χ2n) is 6.40. The molecule has 1 atom stereocenters. The number of carbonyl (C=O) groups excluding carboxylic acids is 1. The summed E-state index contributed by atoms with van der Waals surface area (Å²) in [4.78, 5) is 16.9. The summed E-state index contributed by atoms with van der Waals surface area (Å²) in [6.07, 6.45) is 4.17. The predicted molar refractivity (Wildman–Crippen MR) is 113 cm³/mol. The summed E-state index contributed by atoms with van der Waals surface area (Å²) in [7, 11) is 0. The predicted octanol–water partition coefficient (Wildman–Crippen LogP) is 6.66. The minimum Gasteiger partial charge on any atom is -0.461 e. The Morgan fingerprint density at radius 1 is 1.22 bits per heavy atom. The fourth-order valence-corrected chi connectivity index (χ4v) is 3.36. The maximum atomic E-state index is 12.6. The normalized spacial score (nSPS) is 12.0. The molecular formula is C20H23Cl3N2O2. The third-order valence-corrected chi connectivity index (χ3v) is 5.32. The van der Waals surface area contributed by atoms with Crippen LogP contribution in [-0.2, 0) is 4.74 Å². The van der Waals surface area contributed by atoms with E-state index >= 15 is 0 Å². The van der Waals surface area contributed by atoms with E-state index in [1.807, 2.05) is 0 Å². The van der Waals surface area contributed by atoms with Gasteiger partial charge in [-0.2, -0.15) is 0 Å². The molecule has 27 heavy (non-hydrogen) atoms. The van der Waals surface area contributed by atoms with E-state index in [2.05, 4.69) is 18.8 Å². The molecule has 2 rings (SSSR count). The van der Waals surface area contributed by atoms with E-state index in [1.165, 1.54) is 0 Å². The molecule has 2 aromatic rings. The van der Waals surface area contributed by atoms with Crippen molar-refractivity contribution in [2.75, 3.05) is 12.3 Å². The second-order valence-corrected chi connectivity index (χ2v) is 7.62. The molecule has 2 N–H and O–H groups in total. The van der Waals surface area contributed by atoms with Crippen LogP contribution >= 0.6 is 34.8 Å². The Labute approximate surface area is 175 Å². The van der Waals surface area contributed by atoms with E-state index in [0.29, 0.717) is 33.8 Å². The van der Waals surface area contributed by atoms with Gasteiger partial charge in [-0.3, -0.25) is 0 Å². The minimum atomic E-state index is -0.589. The maximum absolute atomic E-state index is 12.6. The van der Waals surface area contributed by atoms with Crippen molar-refractivity contribution in [1.29, 1.82) is 0 Å². The van der Waals surface area contributed by atoms with Gasteiger partial charge in [0.25, 0.3) is 0 Å². The zero-order chi connectivity index (χ0) is 20.0. The van der Waals surface area contributed by atoms with Crippen LogP contribution in [0.5, 0.6) is 0 Å². The Bertz CT molecular complexity index is 812. The number of pyridine rings is 1. The summed E-state index contributed by atoms with van der Waals surface area (Å²) in [5.41, 5.74) is 7.24. The number of halogens is 3. The first kappa shape index (κ1) is 21.8. The molecule has 0 radical (unpaired) electrons. The highest BCUT2D eigenvalue weighted by Gasteiger charge is 2.20. The Morgan fingerprint density at radius 3 is 2.59 bits per heavy atom. The average molecular weight is 430 g/mol. The van der Waals surface area contributed by atoms with Crippen LogP contribution in [0.3, 0.4) is 0 Å². The number of hydrogen-bond donors (Lipinski definition) is 1. The van der Waals surface area contributed by atoms with Crippen LogP contribution in [0.4, 0.5) is 5.69 Å². The topological polar surface area (TPSA) is 65.2 Å². The molecule has 0 aliphatic carbocycles. The van der Waals surface area contributed by atoms with Crippen LogP contribution in [0.1, 0.15) is 50.0 Å². The van der Waals surface area contributed by atoms with Crippen molar-refractivity contribution in [3.05, 3.63) is 45.0 Å². The van der Waals surface area contributed by atoms with Crippen LogP contribution in [0.25, 0.3) is 11.3 Å². The number of anilines is 1. The number of aromatic nitrogens is 1. The largest absolute Gasteiger partial charge is 0.461 e. The molecule has 0 aliphatic rings. The number of nitrogens with zero attached hydrogens (tertiary/aromatic N) is 1. The summed E-state index contributed by atoms with van der Waals surface area (Å²) in [6.45, 7) is 4.55. The van der Waals surface area contributed by atoms with Crippen molar-refractivity contribution in [3.8, 4) is 11.3 Å². The number of rotatable bonds is 8. The summed E-state index contributed by atoms with van der Waals surface area (Å²) in [5, 5.41) is 0.986. The van der Waals surface area contributed by atoms with Gasteiger partial charge in [-0.05, 0) is 36.6 Å². The summed E-state index contributed by atoms with van der Waals surface area (Å²) in [5.74, 6) is -0.271. The van der Waals surface area contributed by atoms with Crippen LogP contribution in [-0.4, -0.2) is 17.6 Å². The third kappa shape index (κ3) is 5.74. The van der Waals surface area contributed by atoms with Crippen LogP contribution in [0.2, 0.25) is 15.1 Å². The number of esters is 1. The van der Waals surface area contributed by atoms with Crippen LogP contribution in [0, 0.1) is 5.92 Å². The molecular weight excluding hydrogens is 407 g/mol. The van der Waals surface area contributed by atoms with E-state index in [4.69, 9.17) is 45.3 Å². The fourth-order valence-electron chi connectivity index (χ4n) is 2.68. The Morgan fingerprint density at radius 2 is 1.96 bits per heavy atom. The quantitative estimate of drug-likeness (QED) is 0.476. The first-order valence-electron chi connectivity index (χ1n) is 8.95. The molecule has 0 spiro atoms. The number of ether oxygens (including phenoxy) is 1. The summed E-state index contributed by atoms with van der Waals surface area (Å²) < 4.78 is 5.46. The van der Waals surface area contributed by atoms with Gasteiger partial charge in [-0.25, -0.2) is 9.78 Å². The number of benzene rings is 1. The lowest BCUT2D eigenvalue weighted by atomic mass is 10.0. The minimum absolute atomic E-state index is 0.0111. The van der Waals surface area contributed by atoms with Gasteiger partial charge in [0.15, 0.2) is 5.69 Å². The smallest absolute Gasteiger partial charge is 0.358 e. The standard InChI is InChI=1S/C20H23Cl3N2O2/c1-3-5-6-12(4-2)11-27-20(26)19-18(23)16(24)10-17(25-19)14-8-7-13(21)9-15(14)22/h7-10,12H,3-6,11H2,1-2H3,(H2,24,25). The van der Waals surface area contributed by atoms with Gasteiger partial charge in [0.2, 0.25) is 0 Å². The Balaban J connectivity index is 2.25. The lowest BCUT2D eigenvalue weighted by Crippen LogP contribution is -2.16. The van der Waals surface area contributed by atoms with Gasteiger partial charge in [-0.15, -0.1) is 0 Å². The van der Waals surface area contributed by atoms with Gasteiger partial charge in [0, 0.05) is 10.6 Å². The highest BCUT2D eigenvalue weighted by atomic mass is 35.5. The SMILES string of the molecule is CCCCC(CC)COC(=O)c1nc(-c2ccc(Cl)cc2Cl)cc(N)c1Cl. The van der Waals surface area contributed by atoms with Gasteiger partial charge >= 0.3 is 5.97 Å². The average Bonchev–Trinajstić information content (AvgIpc) is 2.64. The molecule has 0 aliphatic heterocycles. The second kappa shape index (κ2) is 10.2. The molecule has 0 amide bonds. The molecule has 0 bridgehead atoms. The van der Waals surface area contributed by atoms with E-state index in [9.17, 15) is 4.79 Å².